The molecule has 0 radical (unpaired) electrons. The number of amides is 1. The summed E-state index contributed by atoms with van der Waals surface area (Å²) in [4.78, 5) is 24.4. The zero-order valence-corrected chi connectivity index (χ0v) is 12.6. The lowest BCUT2D eigenvalue weighted by Crippen LogP contribution is -2.40. The summed E-state index contributed by atoms with van der Waals surface area (Å²) in [6.45, 7) is 2.32. The normalized spacial score (nSPS) is 14.6. The lowest BCUT2D eigenvalue weighted by Gasteiger charge is -2.24. The number of hydrogen-bond donors (Lipinski definition) is 1. The number of carboxylic acids is 1. The summed E-state index contributed by atoms with van der Waals surface area (Å²) in [6.07, 6.45) is 0. The van der Waals surface area contributed by atoms with Crippen molar-refractivity contribution in [2.75, 3.05) is 20.3 Å². The highest BCUT2D eigenvalue weighted by molar-refractivity contribution is 9.10. The van der Waals surface area contributed by atoms with Crippen molar-refractivity contribution in [1.82, 2.24) is 4.90 Å². The minimum Gasteiger partial charge on any atom is -0.486 e. The fourth-order valence-corrected chi connectivity index (χ4v) is 2.34. The van der Waals surface area contributed by atoms with E-state index in [0.717, 1.165) is 0 Å². The Hall–Kier alpha value is -1.76. The number of fused-ring (bicyclic) bond motifs is 1. The molecule has 20 heavy (non-hydrogen) atoms. The van der Waals surface area contributed by atoms with Crippen molar-refractivity contribution in [3.05, 3.63) is 22.2 Å². The SMILES string of the molecule is CC(C(=O)O)N(C)C(=O)c1cc(Br)c2c(c1)OCCO2. The third kappa shape index (κ3) is 2.72. The summed E-state index contributed by atoms with van der Waals surface area (Å²) < 4.78 is 11.5. The van der Waals surface area contributed by atoms with Gasteiger partial charge < -0.3 is 19.5 Å². The van der Waals surface area contributed by atoms with Gasteiger partial charge in [-0.15, -0.1) is 0 Å². The van der Waals surface area contributed by atoms with Crippen LogP contribution >= 0.6 is 15.9 Å². The van der Waals surface area contributed by atoms with Crippen molar-refractivity contribution in [2.24, 2.45) is 0 Å². The lowest BCUT2D eigenvalue weighted by atomic mass is 10.1. The number of carbonyl (C=O) groups is 2. The number of ether oxygens (including phenoxy) is 2. The molecule has 0 bridgehead atoms. The maximum atomic E-state index is 12.3. The van der Waals surface area contributed by atoms with Crippen LogP contribution in [-0.4, -0.2) is 48.2 Å². The van der Waals surface area contributed by atoms with Gasteiger partial charge in [-0.05, 0) is 35.0 Å². The minimum absolute atomic E-state index is 0.344. The first-order valence-corrected chi connectivity index (χ1v) is 6.80. The third-order valence-electron chi connectivity index (χ3n) is 3.10. The Morgan fingerprint density at radius 1 is 1.35 bits per heavy atom. The fourth-order valence-electron chi connectivity index (χ4n) is 1.78. The first-order valence-electron chi connectivity index (χ1n) is 6.01. The predicted molar refractivity (Wildman–Crippen MR) is 74.3 cm³/mol. The molecule has 1 aliphatic heterocycles. The van der Waals surface area contributed by atoms with Gasteiger partial charge in [-0.1, -0.05) is 0 Å². The highest BCUT2D eigenvalue weighted by Crippen LogP contribution is 2.38. The van der Waals surface area contributed by atoms with Crippen LogP contribution in [-0.2, 0) is 4.79 Å². The molecule has 1 amide bonds. The molecule has 1 unspecified atom stereocenters. The van der Waals surface area contributed by atoms with E-state index in [9.17, 15) is 9.59 Å². The number of carbonyl (C=O) groups excluding carboxylic acids is 1. The molecule has 1 N–H and O–H groups in total. The van der Waals surface area contributed by atoms with E-state index in [1.807, 2.05) is 0 Å². The first-order chi connectivity index (χ1) is 9.41. The highest BCUT2D eigenvalue weighted by atomic mass is 79.9. The van der Waals surface area contributed by atoms with Crippen LogP contribution in [0.3, 0.4) is 0 Å². The smallest absolute Gasteiger partial charge is 0.326 e. The van der Waals surface area contributed by atoms with Crippen LogP contribution in [0.4, 0.5) is 0 Å². The summed E-state index contributed by atoms with van der Waals surface area (Å²) in [5.74, 6) is -0.415. The second-order valence-electron chi connectivity index (χ2n) is 4.41. The summed E-state index contributed by atoms with van der Waals surface area (Å²) >= 11 is 3.32. The zero-order valence-electron chi connectivity index (χ0n) is 11.1. The lowest BCUT2D eigenvalue weighted by molar-refractivity contribution is -0.141. The van der Waals surface area contributed by atoms with E-state index >= 15 is 0 Å². The number of likely N-dealkylation sites (N-methyl/N-ethyl adjacent to an activating group) is 1. The summed E-state index contributed by atoms with van der Waals surface area (Å²) in [7, 11) is 1.45. The zero-order chi connectivity index (χ0) is 14.9. The minimum atomic E-state index is -1.06. The van der Waals surface area contributed by atoms with E-state index in [2.05, 4.69) is 15.9 Å². The number of aliphatic carboxylic acids is 1. The second-order valence-corrected chi connectivity index (χ2v) is 5.27. The molecule has 0 aromatic heterocycles. The number of hydrogen-bond acceptors (Lipinski definition) is 4. The molecule has 0 saturated heterocycles. The van der Waals surface area contributed by atoms with Gasteiger partial charge in [0.05, 0.1) is 4.47 Å². The van der Waals surface area contributed by atoms with Crippen molar-refractivity contribution in [3.63, 3.8) is 0 Å². The first kappa shape index (κ1) is 14.6. The van der Waals surface area contributed by atoms with E-state index in [0.29, 0.717) is 34.7 Å². The standard InChI is InChI=1S/C13H14BrNO5/c1-7(13(17)18)15(2)12(16)8-5-9(14)11-10(6-8)19-3-4-20-11/h5-7H,3-4H2,1-2H3,(H,17,18). The van der Waals surface area contributed by atoms with Crippen LogP contribution in [0.15, 0.2) is 16.6 Å². The number of benzene rings is 1. The Balaban J connectivity index is 2.31. The van der Waals surface area contributed by atoms with Crippen molar-refractivity contribution in [1.29, 1.82) is 0 Å². The number of halogens is 1. The molecule has 0 aliphatic carbocycles. The quantitative estimate of drug-likeness (QED) is 0.904. The molecule has 1 aliphatic rings. The van der Waals surface area contributed by atoms with E-state index in [4.69, 9.17) is 14.6 Å². The predicted octanol–water partition coefficient (Wildman–Crippen LogP) is 1.77. The Morgan fingerprint density at radius 3 is 2.65 bits per heavy atom. The molecular weight excluding hydrogens is 330 g/mol. The second kappa shape index (κ2) is 5.70. The van der Waals surface area contributed by atoms with Crippen molar-refractivity contribution in [3.8, 4) is 11.5 Å². The maximum absolute atomic E-state index is 12.3. The highest BCUT2D eigenvalue weighted by Gasteiger charge is 2.25. The monoisotopic (exact) mass is 343 g/mol. The van der Waals surface area contributed by atoms with Gasteiger partial charge in [0.15, 0.2) is 11.5 Å². The number of nitrogens with zero attached hydrogens (tertiary/aromatic N) is 1. The van der Waals surface area contributed by atoms with Crippen LogP contribution < -0.4 is 9.47 Å². The average Bonchev–Trinajstić information content (AvgIpc) is 2.44. The maximum Gasteiger partial charge on any atom is 0.326 e. The molecule has 1 aromatic carbocycles. The van der Waals surface area contributed by atoms with Crippen LogP contribution in [0.5, 0.6) is 11.5 Å². The Morgan fingerprint density at radius 2 is 2.00 bits per heavy atom. The van der Waals surface area contributed by atoms with Gasteiger partial charge in [0.1, 0.15) is 19.3 Å². The van der Waals surface area contributed by atoms with Crippen LogP contribution in [0, 0.1) is 0 Å². The van der Waals surface area contributed by atoms with Gasteiger partial charge in [-0.2, -0.15) is 0 Å². The summed E-state index contributed by atoms with van der Waals surface area (Å²) in [5, 5.41) is 8.95. The molecule has 1 heterocycles. The van der Waals surface area contributed by atoms with E-state index in [1.165, 1.54) is 18.9 Å². The van der Waals surface area contributed by atoms with Gasteiger partial charge in [0.25, 0.3) is 5.91 Å². The van der Waals surface area contributed by atoms with Crippen LogP contribution in [0.25, 0.3) is 0 Å². The molecule has 7 heteroatoms. The molecule has 108 valence electrons. The Kier molecular flexibility index (Phi) is 4.17. The van der Waals surface area contributed by atoms with Crippen LogP contribution in [0.2, 0.25) is 0 Å². The van der Waals surface area contributed by atoms with Gasteiger partial charge >= 0.3 is 5.97 Å². The van der Waals surface area contributed by atoms with Crippen molar-refractivity contribution < 1.29 is 24.2 Å². The molecule has 1 aromatic rings. The van der Waals surface area contributed by atoms with Gasteiger partial charge in [0, 0.05) is 12.6 Å². The van der Waals surface area contributed by atoms with Gasteiger partial charge in [-0.25, -0.2) is 4.79 Å². The van der Waals surface area contributed by atoms with Gasteiger partial charge in [0.2, 0.25) is 0 Å². The largest absolute Gasteiger partial charge is 0.486 e. The Bertz CT molecular complexity index is 560. The molecule has 6 nitrogen and oxygen atoms in total. The number of rotatable bonds is 3. The van der Waals surface area contributed by atoms with E-state index in [-0.39, 0.29) is 0 Å². The molecule has 0 spiro atoms. The molecular formula is C13H14BrNO5. The van der Waals surface area contributed by atoms with E-state index in [1.54, 1.807) is 12.1 Å². The number of carboxylic acid groups (broad SMARTS) is 1. The molecule has 1 atom stereocenters. The van der Waals surface area contributed by atoms with Crippen LogP contribution in [0.1, 0.15) is 17.3 Å². The fraction of sp³-hybridized carbons (Fsp3) is 0.385. The molecule has 0 fully saturated rings. The Labute approximate surface area is 124 Å². The van der Waals surface area contributed by atoms with E-state index < -0.39 is 17.9 Å². The topological polar surface area (TPSA) is 76.1 Å². The summed E-state index contributed by atoms with van der Waals surface area (Å²) in [6, 6.07) is 2.25. The van der Waals surface area contributed by atoms with Gasteiger partial charge in [-0.3, -0.25) is 4.79 Å². The van der Waals surface area contributed by atoms with Crippen molar-refractivity contribution in [2.45, 2.75) is 13.0 Å². The summed E-state index contributed by atoms with van der Waals surface area (Å²) in [5.41, 5.74) is 0.344. The third-order valence-corrected chi connectivity index (χ3v) is 3.69. The average molecular weight is 344 g/mol. The molecule has 2 rings (SSSR count). The molecule has 0 saturated carbocycles. The van der Waals surface area contributed by atoms with Crippen molar-refractivity contribution >= 4 is 27.8 Å².